The fourth-order valence-electron chi connectivity index (χ4n) is 2.12. The van der Waals surface area contributed by atoms with Crippen molar-refractivity contribution in [2.75, 3.05) is 31.6 Å². The van der Waals surface area contributed by atoms with Crippen molar-refractivity contribution >= 4 is 35.9 Å². The van der Waals surface area contributed by atoms with E-state index in [2.05, 4.69) is 10.6 Å². The first-order chi connectivity index (χ1) is 10.6. The number of nitrogens with zero attached hydrogens (tertiary/aromatic N) is 1. The first-order valence-electron chi connectivity index (χ1n) is 6.84. The molecule has 9 heteroatoms. The highest BCUT2D eigenvalue weighted by Gasteiger charge is 2.26. The summed E-state index contributed by atoms with van der Waals surface area (Å²) < 4.78 is 5.26. The van der Waals surface area contributed by atoms with Crippen molar-refractivity contribution in [3.63, 3.8) is 0 Å². The molecule has 23 heavy (non-hydrogen) atoms. The summed E-state index contributed by atoms with van der Waals surface area (Å²) in [5.74, 6) is -0.198. The predicted octanol–water partition coefficient (Wildman–Crippen LogP) is 0.252. The van der Waals surface area contributed by atoms with Crippen molar-refractivity contribution in [3.8, 4) is 5.75 Å². The monoisotopic (exact) mass is 342 g/mol. The maximum atomic E-state index is 11.9. The number of hydrogen-bond donors (Lipinski definition) is 3. The van der Waals surface area contributed by atoms with Gasteiger partial charge in [-0.05, 0) is 18.2 Å². The van der Waals surface area contributed by atoms with Crippen LogP contribution in [0.2, 0.25) is 0 Å². The second kappa shape index (κ2) is 8.35. The molecule has 1 aliphatic rings. The van der Waals surface area contributed by atoms with E-state index in [9.17, 15) is 14.4 Å². The zero-order valence-corrected chi connectivity index (χ0v) is 13.4. The maximum Gasteiger partial charge on any atom is 0.328 e. The fraction of sp³-hybridized carbons (Fsp3) is 0.357. The lowest BCUT2D eigenvalue weighted by Gasteiger charge is -2.28. The number of urea groups is 1. The molecule has 1 aliphatic heterocycles. The summed E-state index contributed by atoms with van der Waals surface area (Å²) in [6, 6.07) is 4.25. The Morgan fingerprint density at radius 2 is 2.17 bits per heavy atom. The highest BCUT2D eigenvalue weighted by Crippen LogP contribution is 2.30. The van der Waals surface area contributed by atoms with E-state index in [1.54, 1.807) is 18.2 Å². The molecule has 0 unspecified atom stereocenters. The molecule has 126 valence electrons. The topological polar surface area (TPSA) is 114 Å². The Balaban J connectivity index is 0.00000264. The van der Waals surface area contributed by atoms with Gasteiger partial charge in [-0.3, -0.25) is 19.8 Å². The molecule has 0 aromatic heterocycles. The largest absolute Gasteiger partial charge is 0.495 e. The van der Waals surface area contributed by atoms with Gasteiger partial charge in [-0.25, -0.2) is 4.79 Å². The third-order valence-corrected chi connectivity index (χ3v) is 3.22. The van der Waals surface area contributed by atoms with Crippen molar-refractivity contribution < 1.29 is 19.1 Å². The molecule has 1 saturated heterocycles. The van der Waals surface area contributed by atoms with Gasteiger partial charge in [0.15, 0.2) is 0 Å². The second-order valence-corrected chi connectivity index (χ2v) is 4.69. The molecular weight excluding hydrogens is 324 g/mol. The standard InChI is InChI=1S/C14H18N4O4.ClH/c1-22-11-8-9(13(20)16-6-5-15)2-3-10(11)18-7-4-12(19)17-14(18)21;/h2-3,8H,4-7,15H2,1H3,(H,16,20)(H,17,19,21);1H. The number of halogens is 1. The van der Waals surface area contributed by atoms with Crippen LogP contribution in [0.5, 0.6) is 5.75 Å². The number of benzene rings is 1. The number of carbonyl (C=O) groups is 3. The molecule has 1 aromatic rings. The average molecular weight is 343 g/mol. The number of hydrogen-bond acceptors (Lipinski definition) is 5. The number of nitrogens with one attached hydrogen (secondary N) is 2. The summed E-state index contributed by atoms with van der Waals surface area (Å²) in [6.07, 6.45) is 0.216. The lowest BCUT2D eigenvalue weighted by Crippen LogP contribution is -2.49. The molecule has 1 fully saturated rings. The van der Waals surface area contributed by atoms with E-state index in [1.807, 2.05) is 0 Å². The number of rotatable bonds is 5. The van der Waals surface area contributed by atoms with Crippen molar-refractivity contribution in [1.82, 2.24) is 10.6 Å². The van der Waals surface area contributed by atoms with Gasteiger partial charge in [0, 0.05) is 31.6 Å². The van der Waals surface area contributed by atoms with Crippen LogP contribution in [-0.2, 0) is 4.79 Å². The fourth-order valence-corrected chi connectivity index (χ4v) is 2.12. The molecule has 2 rings (SSSR count). The number of methoxy groups -OCH3 is 1. The van der Waals surface area contributed by atoms with E-state index in [0.717, 1.165) is 0 Å². The molecule has 0 spiro atoms. The molecule has 0 saturated carbocycles. The van der Waals surface area contributed by atoms with E-state index in [-0.39, 0.29) is 37.2 Å². The Morgan fingerprint density at radius 1 is 1.43 bits per heavy atom. The molecular formula is C14H19ClN4O4. The third-order valence-electron chi connectivity index (χ3n) is 3.22. The zero-order valence-electron chi connectivity index (χ0n) is 12.6. The highest BCUT2D eigenvalue weighted by molar-refractivity contribution is 6.06. The van der Waals surface area contributed by atoms with Gasteiger partial charge in [-0.15, -0.1) is 12.4 Å². The van der Waals surface area contributed by atoms with Gasteiger partial charge in [-0.1, -0.05) is 0 Å². The van der Waals surface area contributed by atoms with Gasteiger partial charge in [0.1, 0.15) is 5.75 Å². The van der Waals surface area contributed by atoms with Crippen molar-refractivity contribution in [3.05, 3.63) is 23.8 Å². The van der Waals surface area contributed by atoms with Crippen molar-refractivity contribution in [1.29, 1.82) is 0 Å². The minimum atomic E-state index is -0.505. The predicted molar refractivity (Wildman–Crippen MR) is 87.1 cm³/mol. The minimum absolute atomic E-state index is 0. The highest BCUT2D eigenvalue weighted by atomic mass is 35.5. The molecule has 1 heterocycles. The van der Waals surface area contributed by atoms with E-state index >= 15 is 0 Å². The first-order valence-corrected chi connectivity index (χ1v) is 6.84. The van der Waals surface area contributed by atoms with Crippen LogP contribution in [0.4, 0.5) is 10.5 Å². The van der Waals surface area contributed by atoms with E-state index in [1.165, 1.54) is 12.0 Å². The molecule has 4 N–H and O–H groups in total. The number of anilines is 1. The van der Waals surface area contributed by atoms with Gasteiger partial charge in [0.25, 0.3) is 5.91 Å². The van der Waals surface area contributed by atoms with Crippen LogP contribution in [0.15, 0.2) is 18.2 Å². The molecule has 0 aliphatic carbocycles. The lowest BCUT2D eigenvalue weighted by atomic mass is 10.1. The van der Waals surface area contributed by atoms with Crippen LogP contribution in [0.25, 0.3) is 0 Å². The molecule has 0 bridgehead atoms. The summed E-state index contributed by atoms with van der Waals surface area (Å²) in [4.78, 5) is 36.4. The number of nitrogens with two attached hydrogens (primary N) is 1. The first kappa shape index (κ1) is 18.7. The number of ether oxygens (including phenoxy) is 1. The number of imide groups is 1. The summed E-state index contributed by atoms with van der Waals surface area (Å²) in [5.41, 5.74) is 6.25. The summed E-state index contributed by atoms with van der Waals surface area (Å²) in [5, 5.41) is 4.90. The van der Waals surface area contributed by atoms with Crippen LogP contribution >= 0.6 is 12.4 Å². The van der Waals surface area contributed by atoms with E-state index in [0.29, 0.717) is 30.1 Å². The van der Waals surface area contributed by atoms with Crippen LogP contribution < -0.4 is 26.0 Å². The number of carbonyl (C=O) groups excluding carboxylic acids is 3. The van der Waals surface area contributed by atoms with Crippen LogP contribution in [-0.4, -0.2) is 44.6 Å². The summed E-state index contributed by atoms with van der Waals surface area (Å²) in [7, 11) is 1.45. The van der Waals surface area contributed by atoms with Crippen LogP contribution in [0, 0.1) is 0 Å². The average Bonchev–Trinajstić information content (AvgIpc) is 2.52. The molecule has 8 nitrogen and oxygen atoms in total. The smallest absolute Gasteiger partial charge is 0.328 e. The Bertz CT molecular complexity index is 608. The minimum Gasteiger partial charge on any atom is -0.495 e. The maximum absolute atomic E-state index is 11.9. The SMILES string of the molecule is COc1cc(C(=O)NCCN)ccc1N1CCC(=O)NC1=O.Cl. The quantitative estimate of drug-likeness (QED) is 0.710. The van der Waals surface area contributed by atoms with Gasteiger partial charge >= 0.3 is 6.03 Å². The van der Waals surface area contributed by atoms with Gasteiger partial charge < -0.3 is 15.8 Å². The van der Waals surface area contributed by atoms with Crippen LogP contribution in [0.3, 0.4) is 0 Å². The Kier molecular flexibility index (Phi) is 6.80. The zero-order chi connectivity index (χ0) is 16.1. The molecule has 0 radical (unpaired) electrons. The third kappa shape index (κ3) is 4.33. The Morgan fingerprint density at radius 3 is 2.78 bits per heavy atom. The van der Waals surface area contributed by atoms with Gasteiger partial charge in [0.2, 0.25) is 5.91 Å². The van der Waals surface area contributed by atoms with Gasteiger partial charge in [0.05, 0.1) is 12.8 Å². The Hall–Kier alpha value is -2.32. The van der Waals surface area contributed by atoms with E-state index in [4.69, 9.17) is 10.5 Å². The van der Waals surface area contributed by atoms with Crippen LogP contribution in [0.1, 0.15) is 16.8 Å². The van der Waals surface area contributed by atoms with Gasteiger partial charge in [-0.2, -0.15) is 0 Å². The summed E-state index contributed by atoms with van der Waals surface area (Å²) >= 11 is 0. The van der Waals surface area contributed by atoms with Crippen molar-refractivity contribution in [2.24, 2.45) is 5.73 Å². The van der Waals surface area contributed by atoms with E-state index < -0.39 is 6.03 Å². The molecule has 0 atom stereocenters. The molecule has 4 amide bonds. The number of amides is 4. The lowest BCUT2D eigenvalue weighted by molar-refractivity contribution is -0.120. The Labute approximate surface area is 139 Å². The van der Waals surface area contributed by atoms with Crippen molar-refractivity contribution in [2.45, 2.75) is 6.42 Å². The summed E-state index contributed by atoms with van der Waals surface area (Å²) in [6.45, 7) is 0.988. The second-order valence-electron chi connectivity index (χ2n) is 4.69. The normalized spacial score (nSPS) is 13.9. The molecule has 1 aromatic carbocycles.